The van der Waals surface area contributed by atoms with Crippen molar-refractivity contribution in [2.45, 2.75) is 6.54 Å². The molecule has 0 saturated carbocycles. The van der Waals surface area contributed by atoms with E-state index in [9.17, 15) is 4.79 Å². The quantitative estimate of drug-likeness (QED) is 0.694. The predicted octanol–water partition coefficient (Wildman–Crippen LogP) is 1.23. The van der Waals surface area contributed by atoms with Crippen molar-refractivity contribution in [1.29, 1.82) is 0 Å². The summed E-state index contributed by atoms with van der Waals surface area (Å²) in [6, 6.07) is 3.73. The standard InChI is InChI=1S/C19H21N7O/c1-24-6-5-21-17(24)14-25-7-9-26(10-8-25)19(27)16-12-22-18(23-13-16)15-3-2-4-20-11-15/h2-6,11-13H,7-10,14H2,1H3. The Morgan fingerprint density at radius 1 is 1.04 bits per heavy atom. The van der Waals surface area contributed by atoms with E-state index in [-0.39, 0.29) is 5.91 Å². The first-order valence-corrected chi connectivity index (χ1v) is 8.91. The largest absolute Gasteiger partial charge is 0.337 e. The summed E-state index contributed by atoms with van der Waals surface area (Å²) < 4.78 is 2.03. The third kappa shape index (κ3) is 3.85. The second-order valence-electron chi connectivity index (χ2n) is 6.56. The molecule has 0 bridgehead atoms. The average Bonchev–Trinajstić information content (AvgIpc) is 3.13. The minimum Gasteiger partial charge on any atom is -0.337 e. The van der Waals surface area contributed by atoms with Gasteiger partial charge in [0.1, 0.15) is 5.82 Å². The Kier molecular flexibility index (Phi) is 4.88. The molecule has 8 heteroatoms. The van der Waals surface area contributed by atoms with Crippen molar-refractivity contribution in [3.63, 3.8) is 0 Å². The number of carbonyl (C=O) groups is 1. The van der Waals surface area contributed by atoms with Crippen molar-refractivity contribution in [1.82, 2.24) is 34.3 Å². The molecule has 0 aromatic carbocycles. The summed E-state index contributed by atoms with van der Waals surface area (Å²) in [5, 5.41) is 0. The topological polar surface area (TPSA) is 80.0 Å². The molecule has 0 radical (unpaired) electrons. The van der Waals surface area contributed by atoms with E-state index in [1.165, 1.54) is 0 Å². The summed E-state index contributed by atoms with van der Waals surface area (Å²) in [5.74, 6) is 1.58. The molecule has 138 valence electrons. The highest BCUT2D eigenvalue weighted by Crippen LogP contribution is 2.14. The van der Waals surface area contributed by atoms with E-state index in [4.69, 9.17) is 0 Å². The van der Waals surface area contributed by atoms with E-state index < -0.39 is 0 Å². The summed E-state index contributed by atoms with van der Waals surface area (Å²) in [6.07, 6.45) is 10.4. The summed E-state index contributed by atoms with van der Waals surface area (Å²) in [4.78, 5) is 34.0. The van der Waals surface area contributed by atoms with Gasteiger partial charge in [0.25, 0.3) is 5.91 Å². The second kappa shape index (κ2) is 7.63. The van der Waals surface area contributed by atoms with Crippen LogP contribution in [0.2, 0.25) is 0 Å². The molecular weight excluding hydrogens is 342 g/mol. The van der Waals surface area contributed by atoms with Crippen LogP contribution in [0.4, 0.5) is 0 Å². The van der Waals surface area contributed by atoms with Crippen LogP contribution in [-0.4, -0.2) is 66.4 Å². The molecule has 0 unspecified atom stereocenters. The molecular formula is C19H21N7O. The maximum absolute atomic E-state index is 12.7. The van der Waals surface area contributed by atoms with Crippen LogP contribution < -0.4 is 0 Å². The Hall–Kier alpha value is -3.13. The van der Waals surface area contributed by atoms with Crippen LogP contribution in [0.1, 0.15) is 16.2 Å². The van der Waals surface area contributed by atoms with Gasteiger partial charge in [-0.05, 0) is 12.1 Å². The minimum absolute atomic E-state index is 0.0237. The van der Waals surface area contributed by atoms with Gasteiger partial charge in [0.2, 0.25) is 0 Å². The Morgan fingerprint density at radius 3 is 2.44 bits per heavy atom. The Labute approximate surface area is 157 Å². The highest BCUT2D eigenvalue weighted by atomic mass is 16.2. The fraction of sp³-hybridized carbons (Fsp3) is 0.316. The molecule has 0 spiro atoms. The van der Waals surface area contributed by atoms with Crippen LogP contribution in [0, 0.1) is 0 Å². The van der Waals surface area contributed by atoms with Crippen molar-refractivity contribution >= 4 is 5.91 Å². The zero-order valence-corrected chi connectivity index (χ0v) is 15.2. The molecule has 3 aromatic heterocycles. The zero-order chi connectivity index (χ0) is 18.6. The maximum atomic E-state index is 12.7. The van der Waals surface area contributed by atoms with E-state index in [1.807, 2.05) is 41.0 Å². The monoisotopic (exact) mass is 363 g/mol. The van der Waals surface area contributed by atoms with Crippen LogP contribution in [0.25, 0.3) is 11.4 Å². The Balaban J connectivity index is 1.36. The summed E-state index contributed by atoms with van der Waals surface area (Å²) >= 11 is 0. The second-order valence-corrected chi connectivity index (χ2v) is 6.56. The van der Waals surface area contributed by atoms with Crippen molar-refractivity contribution in [2.75, 3.05) is 26.2 Å². The van der Waals surface area contributed by atoms with Crippen LogP contribution in [0.15, 0.2) is 49.3 Å². The third-order valence-corrected chi connectivity index (χ3v) is 4.76. The fourth-order valence-corrected chi connectivity index (χ4v) is 3.12. The number of hydrogen-bond acceptors (Lipinski definition) is 6. The first-order valence-electron chi connectivity index (χ1n) is 8.91. The van der Waals surface area contributed by atoms with Crippen LogP contribution in [-0.2, 0) is 13.6 Å². The normalized spacial score (nSPS) is 15.1. The smallest absolute Gasteiger partial charge is 0.257 e. The fourth-order valence-electron chi connectivity index (χ4n) is 3.12. The van der Waals surface area contributed by atoms with Gasteiger partial charge >= 0.3 is 0 Å². The maximum Gasteiger partial charge on any atom is 0.257 e. The number of aryl methyl sites for hydroxylation is 1. The minimum atomic E-state index is -0.0237. The van der Waals surface area contributed by atoms with E-state index in [0.29, 0.717) is 24.5 Å². The molecule has 3 aromatic rings. The van der Waals surface area contributed by atoms with Gasteiger partial charge in [-0.1, -0.05) is 0 Å². The van der Waals surface area contributed by atoms with Crippen LogP contribution in [0.5, 0.6) is 0 Å². The van der Waals surface area contributed by atoms with Crippen LogP contribution >= 0.6 is 0 Å². The number of imidazole rings is 1. The molecule has 0 N–H and O–H groups in total. The molecule has 27 heavy (non-hydrogen) atoms. The molecule has 1 amide bonds. The van der Waals surface area contributed by atoms with Crippen LogP contribution in [0.3, 0.4) is 0 Å². The van der Waals surface area contributed by atoms with Gasteiger partial charge in [0.05, 0.1) is 12.1 Å². The number of pyridine rings is 1. The molecule has 1 aliphatic heterocycles. The first-order chi connectivity index (χ1) is 13.2. The van der Waals surface area contributed by atoms with Gasteiger partial charge in [-0.25, -0.2) is 15.0 Å². The van der Waals surface area contributed by atoms with Gasteiger partial charge in [0.15, 0.2) is 5.82 Å². The van der Waals surface area contributed by atoms with Crippen molar-refractivity contribution in [2.24, 2.45) is 7.05 Å². The lowest BCUT2D eigenvalue weighted by Crippen LogP contribution is -2.48. The molecule has 1 fully saturated rings. The lowest BCUT2D eigenvalue weighted by atomic mass is 10.2. The number of rotatable bonds is 4. The van der Waals surface area contributed by atoms with E-state index >= 15 is 0 Å². The molecule has 4 rings (SSSR count). The SMILES string of the molecule is Cn1ccnc1CN1CCN(C(=O)c2cnc(-c3cccnc3)nc2)CC1. The zero-order valence-electron chi connectivity index (χ0n) is 15.2. The highest BCUT2D eigenvalue weighted by molar-refractivity contribution is 5.93. The van der Waals surface area contributed by atoms with Crippen molar-refractivity contribution in [3.8, 4) is 11.4 Å². The molecule has 0 aliphatic carbocycles. The van der Waals surface area contributed by atoms with Gasteiger partial charge in [-0.2, -0.15) is 0 Å². The van der Waals surface area contributed by atoms with Gasteiger partial charge < -0.3 is 9.47 Å². The molecule has 0 atom stereocenters. The molecule has 1 aliphatic rings. The van der Waals surface area contributed by atoms with Gasteiger partial charge in [-0.15, -0.1) is 0 Å². The lowest BCUT2D eigenvalue weighted by molar-refractivity contribution is 0.0623. The highest BCUT2D eigenvalue weighted by Gasteiger charge is 2.23. The summed E-state index contributed by atoms with van der Waals surface area (Å²) in [7, 11) is 2.00. The predicted molar refractivity (Wildman–Crippen MR) is 99.7 cm³/mol. The number of amides is 1. The first kappa shape index (κ1) is 17.3. The summed E-state index contributed by atoms with van der Waals surface area (Å²) in [6.45, 7) is 3.83. The lowest BCUT2D eigenvalue weighted by Gasteiger charge is -2.34. The summed E-state index contributed by atoms with van der Waals surface area (Å²) in [5.41, 5.74) is 1.35. The molecule has 8 nitrogen and oxygen atoms in total. The van der Waals surface area contributed by atoms with E-state index in [2.05, 4.69) is 24.8 Å². The van der Waals surface area contributed by atoms with E-state index in [1.54, 1.807) is 24.8 Å². The third-order valence-electron chi connectivity index (χ3n) is 4.76. The van der Waals surface area contributed by atoms with Gasteiger partial charge in [0, 0.05) is 76.0 Å². The number of carbonyl (C=O) groups excluding carboxylic acids is 1. The molecule has 1 saturated heterocycles. The van der Waals surface area contributed by atoms with Crippen molar-refractivity contribution < 1.29 is 4.79 Å². The number of hydrogen-bond donors (Lipinski definition) is 0. The molecule has 4 heterocycles. The Bertz CT molecular complexity index is 899. The number of piperazine rings is 1. The number of nitrogens with zero attached hydrogens (tertiary/aromatic N) is 7. The Morgan fingerprint density at radius 2 is 1.81 bits per heavy atom. The number of aromatic nitrogens is 5. The van der Waals surface area contributed by atoms with Gasteiger partial charge in [-0.3, -0.25) is 14.7 Å². The van der Waals surface area contributed by atoms with Crippen molar-refractivity contribution in [3.05, 3.63) is 60.7 Å². The van der Waals surface area contributed by atoms with E-state index in [0.717, 1.165) is 31.0 Å². The average molecular weight is 363 g/mol.